The summed E-state index contributed by atoms with van der Waals surface area (Å²) in [5.41, 5.74) is 9.00. The van der Waals surface area contributed by atoms with Gasteiger partial charge in [-0.1, -0.05) is 78.9 Å². The first-order chi connectivity index (χ1) is 16.9. The van der Waals surface area contributed by atoms with E-state index < -0.39 is 10.0 Å². The van der Waals surface area contributed by atoms with Gasteiger partial charge < -0.3 is 0 Å². The molecule has 0 amide bonds. The van der Waals surface area contributed by atoms with Crippen molar-refractivity contribution in [3.8, 4) is 39.2 Å². The number of aryl methyl sites for hydroxylation is 1. The molecule has 1 aromatic heterocycles. The van der Waals surface area contributed by atoms with E-state index in [9.17, 15) is 8.42 Å². The van der Waals surface area contributed by atoms with Crippen LogP contribution in [0.5, 0.6) is 0 Å². The molecule has 0 saturated carbocycles. The van der Waals surface area contributed by atoms with Crippen LogP contribution in [0.15, 0.2) is 109 Å². The van der Waals surface area contributed by atoms with Crippen LogP contribution in [0.25, 0.3) is 39.2 Å². The number of nitrogens with one attached hydrogen (secondary N) is 1. The molecule has 0 saturated heterocycles. The zero-order valence-corrected chi connectivity index (χ0v) is 20.3. The van der Waals surface area contributed by atoms with Crippen LogP contribution in [0, 0.1) is 6.92 Å². The lowest BCUT2D eigenvalue weighted by Crippen LogP contribution is -2.09. The minimum atomic E-state index is -3.32. The summed E-state index contributed by atoms with van der Waals surface area (Å²) in [5, 5.41) is 4.66. The fourth-order valence-electron chi connectivity index (χ4n) is 4.11. The molecule has 1 heterocycles. The largest absolute Gasteiger partial charge is 0.284 e. The first-order valence-corrected chi connectivity index (χ1v) is 13.2. The Morgan fingerprint density at radius 2 is 1.14 bits per heavy atom. The molecule has 0 bridgehead atoms. The maximum atomic E-state index is 11.5. The van der Waals surface area contributed by atoms with E-state index in [1.807, 2.05) is 35.9 Å². The molecule has 35 heavy (non-hydrogen) atoms. The monoisotopic (exact) mass is 479 g/mol. The molecule has 5 aromatic rings. The van der Waals surface area contributed by atoms with Gasteiger partial charge in [0.25, 0.3) is 0 Å². The van der Waals surface area contributed by atoms with Gasteiger partial charge in [0.1, 0.15) is 0 Å². The SMILES string of the molecule is Cc1cc(-c2ccc(-c3ccc(-c4ccccc4)cc3)cc2)n(-c2ccc(NS(C)(=O)=O)cc2)n1. The van der Waals surface area contributed by atoms with Gasteiger partial charge in [-0.05, 0) is 59.5 Å². The fourth-order valence-corrected chi connectivity index (χ4v) is 4.67. The highest BCUT2D eigenvalue weighted by Gasteiger charge is 2.11. The molecule has 5 nitrogen and oxygen atoms in total. The fraction of sp³-hybridized carbons (Fsp3) is 0.0690. The van der Waals surface area contributed by atoms with Crippen molar-refractivity contribution in [1.29, 1.82) is 0 Å². The molecular formula is C29H25N3O2S. The second kappa shape index (κ2) is 9.24. The quantitative estimate of drug-likeness (QED) is 0.300. The Kier molecular flexibility index (Phi) is 5.97. The van der Waals surface area contributed by atoms with Crippen molar-refractivity contribution in [3.05, 3.63) is 115 Å². The summed E-state index contributed by atoms with van der Waals surface area (Å²) >= 11 is 0. The first-order valence-electron chi connectivity index (χ1n) is 11.3. The van der Waals surface area contributed by atoms with E-state index in [0.29, 0.717) is 5.69 Å². The van der Waals surface area contributed by atoms with E-state index in [4.69, 9.17) is 0 Å². The Labute approximate surface area is 205 Å². The normalized spacial score (nSPS) is 11.4. The van der Waals surface area contributed by atoms with Crippen LogP contribution >= 0.6 is 0 Å². The number of nitrogens with zero attached hydrogens (tertiary/aromatic N) is 2. The van der Waals surface area contributed by atoms with Gasteiger partial charge in [-0.2, -0.15) is 5.10 Å². The lowest BCUT2D eigenvalue weighted by Gasteiger charge is -2.10. The zero-order valence-electron chi connectivity index (χ0n) is 19.5. The van der Waals surface area contributed by atoms with Gasteiger partial charge in [0, 0.05) is 11.3 Å². The van der Waals surface area contributed by atoms with Crippen molar-refractivity contribution in [1.82, 2.24) is 9.78 Å². The Morgan fingerprint density at radius 1 is 0.657 bits per heavy atom. The van der Waals surface area contributed by atoms with Crippen LogP contribution in [0.3, 0.4) is 0 Å². The molecule has 0 fully saturated rings. The molecule has 0 atom stereocenters. The Morgan fingerprint density at radius 3 is 1.66 bits per heavy atom. The molecule has 6 heteroatoms. The minimum absolute atomic E-state index is 0.518. The summed E-state index contributed by atoms with van der Waals surface area (Å²) in [6, 6.07) is 36.6. The van der Waals surface area contributed by atoms with Gasteiger partial charge >= 0.3 is 0 Å². The number of hydrogen-bond donors (Lipinski definition) is 1. The van der Waals surface area contributed by atoms with Crippen molar-refractivity contribution < 1.29 is 8.42 Å². The molecule has 174 valence electrons. The molecule has 1 N–H and O–H groups in total. The van der Waals surface area contributed by atoms with Crippen LogP contribution in [-0.2, 0) is 10.0 Å². The van der Waals surface area contributed by atoms with Crippen molar-refractivity contribution in [2.45, 2.75) is 6.92 Å². The van der Waals surface area contributed by atoms with E-state index in [2.05, 4.69) is 82.6 Å². The molecule has 0 aliphatic heterocycles. The standard InChI is InChI=1S/C29H25N3O2S/c1-21-20-29(32(30-21)28-18-16-27(17-19-28)31-35(2,33)34)26-14-12-25(13-15-26)24-10-8-23(9-11-24)22-6-4-3-5-7-22/h3-20,31H,1-2H3. The third-order valence-electron chi connectivity index (χ3n) is 5.75. The average molecular weight is 480 g/mol. The molecule has 0 aliphatic rings. The van der Waals surface area contributed by atoms with Gasteiger partial charge in [0.05, 0.1) is 23.3 Å². The van der Waals surface area contributed by atoms with Crippen molar-refractivity contribution in [2.75, 3.05) is 11.0 Å². The number of rotatable bonds is 6. The summed E-state index contributed by atoms with van der Waals surface area (Å²) in [6.45, 7) is 1.96. The summed E-state index contributed by atoms with van der Waals surface area (Å²) in [4.78, 5) is 0. The van der Waals surface area contributed by atoms with E-state index in [0.717, 1.165) is 40.0 Å². The van der Waals surface area contributed by atoms with Crippen molar-refractivity contribution in [2.24, 2.45) is 0 Å². The second-order valence-electron chi connectivity index (χ2n) is 8.52. The molecule has 5 rings (SSSR count). The topological polar surface area (TPSA) is 64.0 Å². The summed E-state index contributed by atoms with van der Waals surface area (Å²) in [5.74, 6) is 0. The number of anilines is 1. The number of benzene rings is 4. The predicted octanol–water partition coefficient (Wildman–Crippen LogP) is 6.55. The minimum Gasteiger partial charge on any atom is -0.284 e. The summed E-state index contributed by atoms with van der Waals surface area (Å²) in [6.07, 6.45) is 1.14. The van der Waals surface area contributed by atoms with Gasteiger partial charge in [0.2, 0.25) is 10.0 Å². The van der Waals surface area contributed by atoms with Crippen molar-refractivity contribution >= 4 is 15.7 Å². The van der Waals surface area contributed by atoms with E-state index in [1.165, 1.54) is 11.1 Å². The lowest BCUT2D eigenvalue weighted by molar-refractivity contribution is 0.607. The Hall–Kier alpha value is -4.16. The maximum Gasteiger partial charge on any atom is 0.229 e. The predicted molar refractivity (Wildman–Crippen MR) is 143 cm³/mol. The third kappa shape index (κ3) is 5.18. The van der Waals surface area contributed by atoms with Crippen LogP contribution in [0.4, 0.5) is 5.69 Å². The van der Waals surface area contributed by atoms with Crippen LogP contribution in [0.1, 0.15) is 5.69 Å². The van der Waals surface area contributed by atoms with Gasteiger partial charge in [-0.15, -0.1) is 0 Å². The molecule has 0 aliphatic carbocycles. The lowest BCUT2D eigenvalue weighted by atomic mass is 9.99. The van der Waals surface area contributed by atoms with E-state index in [-0.39, 0.29) is 0 Å². The van der Waals surface area contributed by atoms with Gasteiger partial charge in [-0.25, -0.2) is 13.1 Å². The average Bonchev–Trinajstić information content (AvgIpc) is 3.26. The van der Waals surface area contributed by atoms with Crippen LogP contribution < -0.4 is 4.72 Å². The van der Waals surface area contributed by atoms with Gasteiger partial charge in [0.15, 0.2) is 0 Å². The molecule has 0 radical (unpaired) electrons. The highest BCUT2D eigenvalue weighted by Crippen LogP contribution is 2.29. The van der Waals surface area contributed by atoms with Crippen molar-refractivity contribution in [3.63, 3.8) is 0 Å². The number of aromatic nitrogens is 2. The van der Waals surface area contributed by atoms with Crippen LogP contribution in [-0.4, -0.2) is 24.5 Å². The smallest absolute Gasteiger partial charge is 0.229 e. The molecule has 0 unspecified atom stereocenters. The Balaban J connectivity index is 1.40. The Bertz CT molecular complexity index is 1550. The zero-order chi connectivity index (χ0) is 24.4. The van der Waals surface area contributed by atoms with E-state index >= 15 is 0 Å². The van der Waals surface area contributed by atoms with Crippen LogP contribution in [0.2, 0.25) is 0 Å². The number of sulfonamides is 1. The summed E-state index contributed by atoms with van der Waals surface area (Å²) < 4.78 is 27.3. The van der Waals surface area contributed by atoms with E-state index in [1.54, 1.807) is 12.1 Å². The molecule has 4 aromatic carbocycles. The molecular weight excluding hydrogens is 454 g/mol. The third-order valence-corrected chi connectivity index (χ3v) is 6.36. The highest BCUT2D eigenvalue weighted by atomic mass is 32.2. The first kappa shape index (κ1) is 22.6. The summed E-state index contributed by atoms with van der Waals surface area (Å²) in [7, 11) is -3.32. The highest BCUT2D eigenvalue weighted by molar-refractivity contribution is 7.92. The second-order valence-corrected chi connectivity index (χ2v) is 10.3. The van der Waals surface area contributed by atoms with Gasteiger partial charge in [-0.3, -0.25) is 4.72 Å². The number of hydrogen-bond acceptors (Lipinski definition) is 3. The maximum absolute atomic E-state index is 11.5. The molecule has 0 spiro atoms.